The third-order valence-electron chi connectivity index (χ3n) is 2.78. The number of nitrogens with one attached hydrogen (secondary N) is 1. The van der Waals surface area contributed by atoms with E-state index < -0.39 is 11.6 Å². The van der Waals surface area contributed by atoms with Gasteiger partial charge in [-0.1, -0.05) is 17.7 Å². The Morgan fingerprint density at radius 1 is 1.42 bits per heavy atom. The molecule has 0 aliphatic rings. The smallest absolute Gasteiger partial charge is 0.336 e. The molecule has 0 fully saturated rings. The molecule has 0 saturated heterocycles. The second-order valence-electron chi connectivity index (χ2n) is 4.99. The average Bonchev–Trinajstić information content (AvgIpc) is 2.35. The highest BCUT2D eigenvalue weighted by atomic mass is 16.5. The Hall–Kier alpha value is -1.59. The summed E-state index contributed by atoms with van der Waals surface area (Å²) in [6, 6.07) is 7.63. The fraction of sp³-hybridized carbons (Fsp3) is 0.500. The van der Waals surface area contributed by atoms with Gasteiger partial charge in [-0.2, -0.15) is 0 Å². The molecule has 2 atom stereocenters. The van der Waals surface area contributed by atoms with Crippen LogP contribution in [0.3, 0.4) is 0 Å². The SMILES string of the molecule is Cc1ccc(OCC(C)NCC(C)(O)C(=O)O)cc1. The highest BCUT2D eigenvalue weighted by molar-refractivity contribution is 5.76. The van der Waals surface area contributed by atoms with E-state index in [1.165, 1.54) is 6.92 Å². The highest BCUT2D eigenvalue weighted by Gasteiger charge is 2.29. The Balaban J connectivity index is 2.34. The monoisotopic (exact) mass is 267 g/mol. The van der Waals surface area contributed by atoms with Gasteiger partial charge in [-0.25, -0.2) is 4.79 Å². The molecule has 0 saturated carbocycles. The van der Waals surface area contributed by atoms with Crippen LogP contribution in [0, 0.1) is 6.92 Å². The van der Waals surface area contributed by atoms with Gasteiger partial charge in [0.05, 0.1) is 0 Å². The summed E-state index contributed by atoms with van der Waals surface area (Å²) < 4.78 is 5.56. The molecule has 0 spiro atoms. The number of carboxylic acid groups (broad SMARTS) is 1. The van der Waals surface area contributed by atoms with Crippen LogP contribution in [-0.4, -0.2) is 41.0 Å². The molecule has 1 aromatic rings. The van der Waals surface area contributed by atoms with E-state index in [2.05, 4.69) is 5.32 Å². The van der Waals surface area contributed by atoms with Crippen molar-refractivity contribution in [3.05, 3.63) is 29.8 Å². The van der Waals surface area contributed by atoms with Gasteiger partial charge >= 0.3 is 5.97 Å². The number of aliphatic hydroxyl groups is 1. The summed E-state index contributed by atoms with van der Waals surface area (Å²) in [5, 5.41) is 21.3. The molecule has 5 heteroatoms. The normalized spacial score (nSPS) is 15.6. The van der Waals surface area contributed by atoms with Gasteiger partial charge in [-0.15, -0.1) is 0 Å². The van der Waals surface area contributed by atoms with Crippen molar-refractivity contribution in [3.63, 3.8) is 0 Å². The summed E-state index contributed by atoms with van der Waals surface area (Å²) in [5.74, 6) is -0.476. The first kappa shape index (κ1) is 15.5. The number of benzene rings is 1. The van der Waals surface area contributed by atoms with Crippen LogP contribution in [0.15, 0.2) is 24.3 Å². The maximum atomic E-state index is 10.7. The summed E-state index contributed by atoms with van der Waals surface area (Å²) in [4.78, 5) is 10.7. The van der Waals surface area contributed by atoms with E-state index in [4.69, 9.17) is 9.84 Å². The van der Waals surface area contributed by atoms with E-state index in [-0.39, 0.29) is 12.6 Å². The zero-order valence-electron chi connectivity index (χ0n) is 11.5. The largest absolute Gasteiger partial charge is 0.492 e. The third kappa shape index (κ3) is 5.28. The van der Waals surface area contributed by atoms with Crippen LogP contribution >= 0.6 is 0 Å². The van der Waals surface area contributed by atoms with Crippen LogP contribution in [0.4, 0.5) is 0 Å². The molecule has 0 bridgehead atoms. The first-order chi connectivity index (χ1) is 8.81. The van der Waals surface area contributed by atoms with E-state index in [0.29, 0.717) is 6.61 Å². The van der Waals surface area contributed by atoms with Gasteiger partial charge in [0.1, 0.15) is 12.4 Å². The van der Waals surface area contributed by atoms with Crippen molar-refractivity contribution in [1.29, 1.82) is 0 Å². The van der Waals surface area contributed by atoms with Crippen molar-refractivity contribution >= 4 is 5.97 Å². The molecule has 1 aromatic carbocycles. The quantitative estimate of drug-likeness (QED) is 0.691. The number of aryl methyl sites for hydroxylation is 1. The minimum atomic E-state index is -1.77. The molecule has 3 N–H and O–H groups in total. The second kappa shape index (κ2) is 6.54. The Kier molecular flexibility index (Phi) is 5.32. The van der Waals surface area contributed by atoms with E-state index in [1.54, 1.807) is 0 Å². The molecule has 2 unspecified atom stereocenters. The minimum absolute atomic E-state index is 0.0270. The summed E-state index contributed by atoms with van der Waals surface area (Å²) in [5.41, 5.74) is -0.603. The van der Waals surface area contributed by atoms with Gasteiger partial charge in [0.2, 0.25) is 0 Å². The molecule has 19 heavy (non-hydrogen) atoms. The van der Waals surface area contributed by atoms with E-state index in [9.17, 15) is 9.90 Å². The third-order valence-corrected chi connectivity index (χ3v) is 2.78. The fourth-order valence-electron chi connectivity index (χ4n) is 1.36. The lowest BCUT2D eigenvalue weighted by Gasteiger charge is -2.22. The lowest BCUT2D eigenvalue weighted by Crippen LogP contribution is -2.48. The standard InChI is InChI=1S/C14H21NO4/c1-10-4-6-12(7-5-10)19-8-11(2)15-9-14(3,18)13(16)17/h4-7,11,15,18H,8-9H2,1-3H3,(H,16,17). The Bertz CT molecular complexity index is 414. The molecule has 106 valence electrons. The van der Waals surface area contributed by atoms with E-state index >= 15 is 0 Å². The van der Waals surface area contributed by atoms with Gasteiger partial charge in [-0.3, -0.25) is 0 Å². The second-order valence-corrected chi connectivity index (χ2v) is 4.99. The number of aliphatic carboxylic acids is 1. The first-order valence-electron chi connectivity index (χ1n) is 6.20. The Labute approximate surface area is 113 Å². The van der Waals surface area contributed by atoms with Gasteiger partial charge in [0.25, 0.3) is 0 Å². The van der Waals surface area contributed by atoms with Crippen LogP contribution in [0.25, 0.3) is 0 Å². The maximum absolute atomic E-state index is 10.7. The van der Waals surface area contributed by atoms with Crippen LogP contribution in [0.5, 0.6) is 5.75 Å². The van der Waals surface area contributed by atoms with Gasteiger partial charge in [-0.05, 0) is 32.9 Å². The topological polar surface area (TPSA) is 78.8 Å². The molecule has 0 aliphatic heterocycles. The number of hydrogen-bond acceptors (Lipinski definition) is 4. The van der Waals surface area contributed by atoms with Crippen molar-refractivity contribution in [1.82, 2.24) is 5.32 Å². The van der Waals surface area contributed by atoms with Crippen LogP contribution in [0.1, 0.15) is 19.4 Å². The number of carboxylic acids is 1. The van der Waals surface area contributed by atoms with Crippen LogP contribution < -0.4 is 10.1 Å². The average molecular weight is 267 g/mol. The van der Waals surface area contributed by atoms with Gasteiger partial charge < -0.3 is 20.3 Å². The molecule has 0 heterocycles. The van der Waals surface area contributed by atoms with E-state index in [1.807, 2.05) is 38.1 Å². The number of ether oxygens (including phenoxy) is 1. The summed E-state index contributed by atoms with van der Waals surface area (Å²) in [7, 11) is 0. The lowest BCUT2D eigenvalue weighted by atomic mass is 10.1. The van der Waals surface area contributed by atoms with Gasteiger partial charge in [0.15, 0.2) is 5.60 Å². The fourth-order valence-corrected chi connectivity index (χ4v) is 1.36. The predicted molar refractivity (Wildman–Crippen MR) is 72.4 cm³/mol. The van der Waals surface area contributed by atoms with Gasteiger partial charge in [0, 0.05) is 12.6 Å². The first-order valence-corrected chi connectivity index (χ1v) is 6.20. The Morgan fingerprint density at radius 3 is 2.53 bits per heavy atom. The van der Waals surface area contributed by atoms with Crippen LogP contribution in [-0.2, 0) is 4.79 Å². The number of rotatable bonds is 7. The zero-order chi connectivity index (χ0) is 14.5. The summed E-state index contributed by atoms with van der Waals surface area (Å²) in [6.07, 6.45) is 0. The molecule has 0 aliphatic carbocycles. The van der Waals surface area contributed by atoms with Crippen molar-refractivity contribution in [3.8, 4) is 5.75 Å². The van der Waals surface area contributed by atoms with E-state index in [0.717, 1.165) is 11.3 Å². The van der Waals surface area contributed by atoms with Crippen molar-refractivity contribution in [2.45, 2.75) is 32.4 Å². The minimum Gasteiger partial charge on any atom is -0.492 e. The van der Waals surface area contributed by atoms with Crippen molar-refractivity contribution < 1.29 is 19.7 Å². The summed E-state index contributed by atoms with van der Waals surface area (Å²) >= 11 is 0. The molecular formula is C14H21NO4. The zero-order valence-corrected chi connectivity index (χ0v) is 11.5. The van der Waals surface area contributed by atoms with Crippen molar-refractivity contribution in [2.24, 2.45) is 0 Å². The predicted octanol–water partition coefficient (Wildman–Crippen LogP) is 1.19. The molecular weight excluding hydrogens is 246 g/mol. The van der Waals surface area contributed by atoms with Crippen molar-refractivity contribution in [2.75, 3.05) is 13.2 Å². The molecule has 1 rings (SSSR count). The molecule has 0 amide bonds. The molecule has 5 nitrogen and oxygen atoms in total. The number of hydrogen-bond donors (Lipinski definition) is 3. The highest BCUT2D eigenvalue weighted by Crippen LogP contribution is 2.11. The number of carbonyl (C=O) groups is 1. The van der Waals surface area contributed by atoms with Crippen LogP contribution in [0.2, 0.25) is 0 Å². The molecule has 0 aromatic heterocycles. The lowest BCUT2D eigenvalue weighted by molar-refractivity contribution is -0.156. The molecule has 0 radical (unpaired) electrons. The summed E-state index contributed by atoms with van der Waals surface area (Å²) in [6.45, 7) is 5.50. The maximum Gasteiger partial charge on any atom is 0.336 e. The Morgan fingerprint density at radius 2 is 2.00 bits per heavy atom.